The van der Waals surface area contributed by atoms with E-state index in [9.17, 15) is 18.5 Å². The summed E-state index contributed by atoms with van der Waals surface area (Å²) in [5.41, 5.74) is -0.465. The average molecular weight is 367 g/mol. The van der Waals surface area contributed by atoms with E-state index in [-0.39, 0.29) is 11.5 Å². The monoisotopic (exact) mass is 366 g/mol. The van der Waals surface area contributed by atoms with Crippen molar-refractivity contribution >= 4 is 31.6 Å². The lowest BCUT2D eigenvalue weighted by atomic mass is 10.3. The van der Waals surface area contributed by atoms with Crippen molar-refractivity contribution in [1.82, 2.24) is 4.72 Å². The molecule has 0 amide bonds. The van der Waals surface area contributed by atoms with Gasteiger partial charge < -0.3 is 4.74 Å². The highest BCUT2D eigenvalue weighted by atomic mass is 79.9. The normalized spacial score (nSPS) is 13.2. The third kappa shape index (κ3) is 4.23. The highest BCUT2D eigenvalue weighted by Crippen LogP contribution is 2.27. The number of nitrogens with zero attached hydrogens (tertiary/aromatic N) is 1. The molecule has 0 aliphatic rings. The van der Waals surface area contributed by atoms with Gasteiger partial charge in [0.1, 0.15) is 0 Å². The summed E-state index contributed by atoms with van der Waals surface area (Å²) < 4.78 is 32.3. The molecule has 7 nitrogen and oxygen atoms in total. The third-order valence-electron chi connectivity index (χ3n) is 2.59. The molecule has 0 saturated heterocycles. The average Bonchev–Trinajstić information content (AvgIpc) is 2.37. The van der Waals surface area contributed by atoms with Crippen LogP contribution >= 0.6 is 15.9 Å². The molecule has 0 bridgehead atoms. The number of methoxy groups -OCH3 is 1. The Morgan fingerprint density at radius 1 is 1.50 bits per heavy atom. The Morgan fingerprint density at radius 3 is 2.65 bits per heavy atom. The highest BCUT2D eigenvalue weighted by molar-refractivity contribution is 9.10. The summed E-state index contributed by atoms with van der Waals surface area (Å²) in [6.07, 6.45) is 0.509. The first-order valence-electron chi connectivity index (χ1n) is 5.77. The molecule has 0 fully saturated rings. The second-order valence-corrected chi connectivity index (χ2v) is 6.65. The first kappa shape index (κ1) is 17.0. The Morgan fingerprint density at radius 2 is 2.15 bits per heavy atom. The summed E-state index contributed by atoms with van der Waals surface area (Å²) in [5, 5.41) is 10.9. The van der Waals surface area contributed by atoms with Crippen molar-refractivity contribution in [2.24, 2.45) is 0 Å². The third-order valence-corrected chi connectivity index (χ3v) is 4.63. The summed E-state index contributed by atoms with van der Waals surface area (Å²) in [4.78, 5) is 9.84. The quantitative estimate of drug-likeness (QED) is 0.588. The van der Waals surface area contributed by atoms with Crippen LogP contribution in [0.4, 0.5) is 5.69 Å². The first-order chi connectivity index (χ1) is 9.31. The molecule has 1 aromatic rings. The van der Waals surface area contributed by atoms with Crippen LogP contribution in [0, 0.1) is 10.1 Å². The predicted molar refractivity (Wildman–Crippen MR) is 77.1 cm³/mol. The van der Waals surface area contributed by atoms with Crippen LogP contribution in [0.3, 0.4) is 0 Å². The fourth-order valence-electron chi connectivity index (χ4n) is 1.57. The van der Waals surface area contributed by atoms with E-state index < -0.39 is 26.7 Å². The lowest BCUT2D eigenvalue weighted by Gasteiger charge is -2.16. The lowest BCUT2D eigenvalue weighted by Crippen LogP contribution is -2.37. The van der Waals surface area contributed by atoms with E-state index in [2.05, 4.69) is 20.7 Å². The summed E-state index contributed by atoms with van der Waals surface area (Å²) in [6.45, 7) is 1.99. The van der Waals surface area contributed by atoms with Gasteiger partial charge in [-0.05, 0) is 18.6 Å². The van der Waals surface area contributed by atoms with E-state index in [1.165, 1.54) is 19.2 Å². The zero-order valence-corrected chi connectivity index (χ0v) is 13.4. The maximum atomic E-state index is 12.3. The van der Waals surface area contributed by atoms with Crippen molar-refractivity contribution in [2.45, 2.75) is 24.3 Å². The molecule has 1 N–H and O–H groups in total. The van der Waals surface area contributed by atoms with Gasteiger partial charge in [0, 0.05) is 23.7 Å². The molecule has 0 aliphatic carbocycles. The van der Waals surface area contributed by atoms with Gasteiger partial charge in [-0.15, -0.1) is 0 Å². The number of sulfonamides is 1. The Labute approximate surface area is 125 Å². The van der Waals surface area contributed by atoms with Gasteiger partial charge in [-0.3, -0.25) is 10.1 Å². The lowest BCUT2D eigenvalue weighted by molar-refractivity contribution is -0.387. The van der Waals surface area contributed by atoms with Crippen molar-refractivity contribution in [3.63, 3.8) is 0 Å². The Balaban J connectivity index is 3.21. The maximum Gasteiger partial charge on any atom is 0.289 e. The molecular weight excluding hydrogens is 352 g/mol. The van der Waals surface area contributed by atoms with Crippen LogP contribution in [-0.2, 0) is 14.8 Å². The van der Waals surface area contributed by atoms with Gasteiger partial charge in [0.2, 0.25) is 10.0 Å². The standard InChI is InChI=1S/C11H15BrN2O5S/c1-3-9(7-19-2)13-20(17,18)11-6-8(12)4-5-10(11)14(15)16/h4-6,9,13H,3,7H2,1-2H3. The Bertz CT molecular complexity index is 590. The number of rotatable bonds is 7. The van der Waals surface area contributed by atoms with E-state index >= 15 is 0 Å². The Kier molecular flexibility index (Phi) is 6.06. The molecule has 0 radical (unpaired) electrons. The van der Waals surface area contributed by atoms with Crippen LogP contribution in [0.15, 0.2) is 27.6 Å². The second kappa shape index (κ2) is 7.11. The smallest absolute Gasteiger partial charge is 0.289 e. The van der Waals surface area contributed by atoms with Crippen LogP contribution in [0.2, 0.25) is 0 Å². The second-order valence-electron chi connectivity index (χ2n) is 4.05. The fraction of sp³-hybridized carbons (Fsp3) is 0.455. The molecule has 0 saturated carbocycles. The van der Waals surface area contributed by atoms with E-state index in [4.69, 9.17) is 4.74 Å². The van der Waals surface area contributed by atoms with Crippen LogP contribution in [0.25, 0.3) is 0 Å². The number of halogens is 1. The Hall–Kier alpha value is -1.03. The van der Waals surface area contributed by atoms with E-state index in [1.807, 2.05) is 0 Å². The van der Waals surface area contributed by atoms with E-state index in [0.29, 0.717) is 10.9 Å². The zero-order chi connectivity index (χ0) is 15.3. The van der Waals surface area contributed by atoms with Crippen molar-refractivity contribution in [2.75, 3.05) is 13.7 Å². The minimum atomic E-state index is -3.99. The number of ether oxygens (including phenoxy) is 1. The maximum absolute atomic E-state index is 12.3. The van der Waals surface area contributed by atoms with Crippen LogP contribution in [0.5, 0.6) is 0 Å². The highest BCUT2D eigenvalue weighted by Gasteiger charge is 2.27. The molecule has 1 aromatic carbocycles. The van der Waals surface area contributed by atoms with Gasteiger partial charge in [0.25, 0.3) is 5.69 Å². The molecule has 0 aromatic heterocycles. The van der Waals surface area contributed by atoms with Crippen LogP contribution < -0.4 is 4.72 Å². The number of benzene rings is 1. The van der Waals surface area contributed by atoms with E-state index in [1.54, 1.807) is 6.92 Å². The molecule has 0 heterocycles. The molecule has 9 heteroatoms. The minimum absolute atomic E-state index is 0.192. The molecule has 0 aliphatic heterocycles. The molecule has 1 rings (SSSR count). The number of nitro groups is 1. The molecular formula is C11H15BrN2O5S. The van der Waals surface area contributed by atoms with Crippen LogP contribution in [-0.4, -0.2) is 33.1 Å². The van der Waals surface area contributed by atoms with E-state index in [0.717, 1.165) is 6.07 Å². The van der Waals surface area contributed by atoms with Gasteiger partial charge >= 0.3 is 0 Å². The van der Waals surface area contributed by atoms with Gasteiger partial charge in [-0.2, -0.15) is 0 Å². The van der Waals surface area contributed by atoms with Crippen molar-refractivity contribution in [1.29, 1.82) is 0 Å². The number of hydrogen-bond donors (Lipinski definition) is 1. The summed E-state index contributed by atoms with van der Waals surface area (Å²) >= 11 is 3.11. The number of nitrogens with one attached hydrogen (secondary N) is 1. The topological polar surface area (TPSA) is 98.5 Å². The molecule has 1 unspecified atom stereocenters. The van der Waals surface area contributed by atoms with Crippen molar-refractivity contribution in [3.8, 4) is 0 Å². The van der Waals surface area contributed by atoms with Gasteiger partial charge in [0.15, 0.2) is 4.90 Å². The summed E-state index contributed by atoms with van der Waals surface area (Å²) in [7, 11) is -2.54. The molecule has 1 atom stereocenters. The van der Waals surface area contributed by atoms with Gasteiger partial charge in [-0.25, -0.2) is 13.1 Å². The molecule has 0 spiro atoms. The van der Waals surface area contributed by atoms with Gasteiger partial charge in [0.05, 0.1) is 11.5 Å². The fourth-order valence-corrected chi connectivity index (χ4v) is 3.59. The largest absolute Gasteiger partial charge is 0.383 e. The van der Waals surface area contributed by atoms with Gasteiger partial charge in [-0.1, -0.05) is 22.9 Å². The summed E-state index contributed by atoms with van der Waals surface area (Å²) in [5.74, 6) is 0. The van der Waals surface area contributed by atoms with Crippen LogP contribution in [0.1, 0.15) is 13.3 Å². The number of nitro benzene ring substituents is 1. The van der Waals surface area contributed by atoms with Crippen molar-refractivity contribution in [3.05, 3.63) is 32.8 Å². The SMILES string of the molecule is CCC(COC)NS(=O)(=O)c1cc(Br)ccc1[N+](=O)[O-]. The summed E-state index contributed by atoms with van der Waals surface area (Å²) in [6, 6.07) is 3.34. The molecule has 112 valence electrons. The zero-order valence-electron chi connectivity index (χ0n) is 11.0. The minimum Gasteiger partial charge on any atom is -0.383 e. The predicted octanol–water partition coefficient (Wildman–Crippen LogP) is 2.06. The first-order valence-corrected chi connectivity index (χ1v) is 8.04. The van der Waals surface area contributed by atoms with Crippen molar-refractivity contribution < 1.29 is 18.1 Å². The number of hydrogen-bond acceptors (Lipinski definition) is 5. The molecule has 20 heavy (non-hydrogen) atoms.